The standard InChI is InChI=1S/C46H53N3O6/c1-4-30-54-55-44-28-22-41(23-29-44)40-20-14-36(15-21-40)12-8-6-10-31-52-45(50)35(3)33-39(5-2)46(51)53-32-11-7-9-13-37-16-24-42(25-17-37)48-49-43-26-18-38(34-47)19-27-43/h4,14-29,35,39H,1,5-13,30-33H2,2-3H3. The van der Waals surface area contributed by atoms with Crippen LogP contribution in [0.5, 0.6) is 5.75 Å². The molecule has 2 unspecified atom stereocenters. The van der Waals surface area contributed by atoms with Gasteiger partial charge in [0.1, 0.15) is 6.61 Å². The quantitative estimate of drug-likeness (QED) is 0.0175. The van der Waals surface area contributed by atoms with Gasteiger partial charge in [-0.05, 0) is 135 Å². The van der Waals surface area contributed by atoms with E-state index in [2.05, 4.69) is 59.3 Å². The maximum Gasteiger partial charge on any atom is 0.308 e. The van der Waals surface area contributed by atoms with Gasteiger partial charge in [-0.2, -0.15) is 20.4 Å². The molecule has 55 heavy (non-hydrogen) atoms. The normalized spacial score (nSPS) is 12.1. The molecule has 4 aromatic rings. The highest BCUT2D eigenvalue weighted by Gasteiger charge is 2.25. The average molecular weight is 744 g/mol. The van der Waals surface area contributed by atoms with E-state index in [1.807, 2.05) is 50.2 Å². The van der Waals surface area contributed by atoms with Crippen LogP contribution in [0.25, 0.3) is 11.1 Å². The number of hydrogen-bond acceptors (Lipinski definition) is 9. The minimum atomic E-state index is -0.367. The second kappa shape index (κ2) is 23.9. The summed E-state index contributed by atoms with van der Waals surface area (Å²) in [5.41, 5.74) is 6.77. The molecule has 9 nitrogen and oxygen atoms in total. The zero-order chi connectivity index (χ0) is 39.1. The van der Waals surface area contributed by atoms with Crippen molar-refractivity contribution in [3.05, 3.63) is 126 Å². The second-order valence-electron chi connectivity index (χ2n) is 13.6. The summed E-state index contributed by atoms with van der Waals surface area (Å²) in [6, 6.07) is 33.4. The van der Waals surface area contributed by atoms with Crippen LogP contribution in [0.3, 0.4) is 0 Å². The number of benzene rings is 4. The van der Waals surface area contributed by atoms with Crippen LogP contribution < -0.4 is 4.89 Å². The van der Waals surface area contributed by atoms with E-state index < -0.39 is 0 Å². The van der Waals surface area contributed by atoms with Crippen molar-refractivity contribution in [2.45, 2.75) is 78.1 Å². The fourth-order valence-electron chi connectivity index (χ4n) is 5.94. The van der Waals surface area contributed by atoms with E-state index in [1.165, 1.54) is 11.1 Å². The SMILES string of the molecule is C=CCOOc1ccc(-c2ccc(CCCCCOC(=O)C(C)CC(CC)C(=O)OCCCCCc3ccc(N=Nc4ccc(C#N)cc4)cc3)cc2)cc1. The fraction of sp³-hybridized carbons (Fsp3) is 0.370. The Morgan fingerprint density at radius 1 is 0.709 bits per heavy atom. The monoisotopic (exact) mass is 743 g/mol. The van der Waals surface area contributed by atoms with Crippen molar-refractivity contribution in [2.75, 3.05) is 19.8 Å². The first-order chi connectivity index (χ1) is 26.9. The van der Waals surface area contributed by atoms with E-state index in [4.69, 9.17) is 24.5 Å². The first-order valence-corrected chi connectivity index (χ1v) is 19.3. The van der Waals surface area contributed by atoms with Crippen LogP contribution in [-0.4, -0.2) is 31.8 Å². The van der Waals surface area contributed by atoms with Crippen molar-refractivity contribution >= 4 is 23.3 Å². The van der Waals surface area contributed by atoms with Gasteiger partial charge in [-0.15, -0.1) is 6.58 Å². The second-order valence-corrected chi connectivity index (χ2v) is 13.6. The molecule has 0 spiro atoms. The average Bonchev–Trinajstić information content (AvgIpc) is 3.22. The first-order valence-electron chi connectivity index (χ1n) is 19.3. The molecule has 9 heteroatoms. The topological polar surface area (TPSA) is 120 Å². The van der Waals surface area contributed by atoms with E-state index >= 15 is 0 Å². The number of nitriles is 1. The van der Waals surface area contributed by atoms with Crippen molar-refractivity contribution in [1.29, 1.82) is 5.26 Å². The number of esters is 2. The summed E-state index contributed by atoms with van der Waals surface area (Å²) in [5, 5.41) is 17.4. The number of ether oxygens (including phenoxy) is 2. The van der Waals surface area contributed by atoms with Gasteiger partial charge in [0.15, 0.2) is 5.75 Å². The molecule has 0 N–H and O–H groups in total. The summed E-state index contributed by atoms with van der Waals surface area (Å²) in [6.45, 7) is 8.47. The van der Waals surface area contributed by atoms with E-state index in [1.54, 1.807) is 30.3 Å². The summed E-state index contributed by atoms with van der Waals surface area (Å²) < 4.78 is 11.1. The van der Waals surface area contributed by atoms with Crippen LogP contribution in [-0.2, 0) is 36.8 Å². The van der Waals surface area contributed by atoms with Crippen LogP contribution in [0.4, 0.5) is 11.4 Å². The smallest absolute Gasteiger partial charge is 0.308 e. The summed E-state index contributed by atoms with van der Waals surface area (Å²) in [7, 11) is 0. The third kappa shape index (κ3) is 15.4. The Kier molecular flexibility index (Phi) is 18.4. The Labute approximate surface area is 325 Å². The summed E-state index contributed by atoms with van der Waals surface area (Å²) >= 11 is 0. The molecule has 0 aliphatic rings. The molecule has 2 atom stereocenters. The molecule has 288 valence electrons. The van der Waals surface area contributed by atoms with Crippen molar-refractivity contribution < 1.29 is 28.8 Å². The lowest BCUT2D eigenvalue weighted by atomic mass is 9.94. The van der Waals surface area contributed by atoms with Gasteiger partial charge in [-0.25, -0.2) is 0 Å². The largest absolute Gasteiger partial charge is 0.465 e. The molecule has 4 rings (SSSR count). The number of rotatable bonds is 24. The number of hydrogen-bond donors (Lipinski definition) is 0. The number of unbranched alkanes of at least 4 members (excludes halogenated alkanes) is 4. The zero-order valence-electron chi connectivity index (χ0n) is 32.2. The van der Waals surface area contributed by atoms with Gasteiger partial charge < -0.3 is 14.4 Å². The van der Waals surface area contributed by atoms with Crippen LogP contribution in [0.2, 0.25) is 0 Å². The molecule has 0 heterocycles. The molecule has 0 amide bonds. The third-order valence-electron chi connectivity index (χ3n) is 9.27. The maximum absolute atomic E-state index is 12.8. The van der Waals surface area contributed by atoms with Gasteiger partial charge in [0.25, 0.3) is 0 Å². The molecule has 0 aliphatic heterocycles. The molecular formula is C46H53N3O6. The Morgan fingerprint density at radius 3 is 1.75 bits per heavy atom. The maximum atomic E-state index is 12.8. The van der Waals surface area contributed by atoms with Gasteiger partial charge in [-0.1, -0.05) is 68.5 Å². The highest BCUT2D eigenvalue weighted by Crippen LogP contribution is 2.24. The van der Waals surface area contributed by atoms with Crippen LogP contribution in [0.15, 0.2) is 120 Å². The molecular weight excluding hydrogens is 691 g/mol. The van der Waals surface area contributed by atoms with Crippen molar-refractivity contribution in [1.82, 2.24) is 0 Å². The molecule has 0 saturated carbocycles. The van der Waals surface area contributed by atoms with Gasteiger partial charge in [0.05, 0.1) is 48.1 Å². The molecule has 4 aromatic carbocycles. The number of aryl methyl sites for hydroxylation is 2. The summed E-state index contributed by atoms with van der Waals surface area (Å²) in [5.74, 6) is -0.538. The molecule has 0 aromatic heterocycles. The van der Waals surface area contributed by atoms with Gasteiger partial charge in [-0.3, -0.25) is 9.59 Å². The van der Waals surface area contributed by atoms with Gasteiger partial charge in [0.2, 0.25) is 0 Å². The van der Waals surface area contributed by atoms with Gasteiger partial charge in [0, 0.05) is 0 Å². The lowest BCUT2D eigenvalue weighted by Gasteiger charge is -2.18. The van der Waals surface area contributed by atoms with Crippen LogP contribution in [0.1, 0.15) is 81.9 Å². The van der Waals surface area contributed by atoms with Crippen molar-refractivity contribution in [2.24, 2.45) is 22.1 Å². The lowest BCUT2D eigenvalue weighted by molar-refractivity contribution is -0.195. The van der Waals surface area contributed by atoms with Gasteiger partial charge >= 0.3 is 11.9 Å². The van der Waals surface area contributed by atoms with E-state index in [-0.39, 0.29) is 23.8 Å². The Morgan fingerprint density at radius 2 is 1.22 bits per heavy atom. The zero-order valence-corrected chi connectivity index (χ0v) is 32.2. The molecule has 0 bridgehead atoms. The Hall–Kier alpha value is -5.59. The van der Waals surface area contributed by atoms with E-state index in [0.717, 1.165) is 68.2 Å². The van der Waals surface area contributed by atoms with E-state index in [9.17, 15) is 9.59 Å². The number of azo groups is 1. The minimum absolute atomic E-state index is 0.238. The predicted molar refractivity (Wildman–Crippen MR) is 215 cm³/mol. The summed E-state index contributed by atoms with van der Waals surface area (Å²) in [4.78, 5) is 35.7. The molecule has 0 aliphatic carbocycles. The fourth-order valence-corrected chi connectivity index (χ4v) is 5.94. The predicted octanol–water partition coefficient (Wildman–Crippen LogP) is 11.4. The molecule has 0 radical (unpaired) electrons. The third-order valence-corrected chi connectivity index (χ3v) is 9.27. The number of carbonyl (C=O) groups excluding carboxylic acids is 2. The number of nitrogens with zero attached hydrogens (tertiary/aromatic N) is 3. The van der Waals surface area contributed by atoms with E-state index in [0.29, 0.717) is 49.7 Å². The molecule has 0 saturated heterocycles. The number of carbonyl (C=O) groups is 2. The minimum Gasteiger partial charge on any atom is -0.465 e. The lowest BCUT2D eigenvalue weighted by Crippen LogP contribution is -2.24. The highest BCUT2D eigenvalue weighted by molar-refractivity contribution is 5.75. The van der Waals surface area contributed by atoms with Crippen molar-refractivity contribution in [3.8, 4) is 22.9 Å². The highest BCUT2D eigenvalue weighted by atomic mass is 17.2. The Bertz CT molecular complexity index is 1810. The molecule has 0 fully saturated rings. The van der Waals surface area contributed by atoms with Crippen molar-refractivity contribution in [3.63, 3.8) is 0 Å². The Balaban J connectivity index is 1.03. The first kappa shape index (κ1) is 42.2. The van der Waals surface area contributed by atoms with Crippen LogP contribution in [0, 0.1) is 23.2 Å². The van der Waals surface area contributed by atoms with Crippen LogP contribution >= 0.6 is 0 Å². The summed E-state index contributed by atoms with van der Waals surface area (Å²) in [6.07, 6.45) is 10.1.